The largest absolute Gasteiger partial charge is 0.346 e. The van der Waals surface area contributed by atoms with Crippen LogP contribution in [0.2, 0.25) is 0 Å². The number of hydrogen-bond donors (Lipinski definition) is 1. The summed E-state index contributed by atoms with van der Waals surface area (Å²) in [5, 5.41) is 9.54. The van der Waals surface area contributed by atoms with Crippen molar-refractivity contribution in [2.24, 2.45) is 0 Å². The summed E-state index contributed by atoms with van der Waals surface area (Å²) >= 11 is 0. The van der Waals surface area contributed by atoms with Gasteiger partial charge in [-0.2, -0.15) is 5.26 Å². The minimum Gasteiger partial charge on any atom is -0.346 e. The van der Waals surface area contributed by atoms with Gasteiger partial charge in [-0.15, -0.1) is 0 Å². The third-order valence-corrected chi connectivity index (χ3v) is 4.92. The third kappa shape index (κ3) is 2.74. The molecule has 0 aliphatic carbocycles. The molecule has 0 saturated carbocycles. The smallest absolute Gasteiger partial charge is 0.295 e. The topological polar surface area (TPSA) is 73.5 Å². The number of rotatable bonds is 4. The first-order chi connectivity index (χ1) is 12.2. The molecule has 0 bridgehead atoms. The molecule has 3 aromatic rings. The lowest BCUT2D eigenvalue weighted by Crippen LogP contribution is -2.35. The highest BCUT2D eigenvalue weighted by atomic mass is 19.3. The molecule has 4 rings (SSSR count). The zero-order valence-corrected chi connectivity index (χ0v) is 13.6. The molecular weight excluding hydrogens is 326 g/mol. The van der Waals surface area contributed by atoms with Gasteiger partial charge in [-0.1, -0.05) is 0 Å². The molecule has 25 heavy (non-hydrogen) atoms. The van der Waals surface area contributed by atoms with Crippen molar-refractivity contribution in [3.05, 3.63) is 24.3 Å². The minimum absolute atomic E-state index is 0.0205. The maximum absolute atomic E-state index is 13.6. The van der Waals surface area contributed by atoms with Crippen LogP contribution in [-0.2, 0) is 0 Å². The first-order valence-electron chi connectivity index (χ1n) is 8.40. The van der Waals surface area contributed by atoms with Crippen molar-refractivity contribution in [3.8, 4) is 6.07 Å². The third-order valence-electron chi connectivity index (χ3n) is 4.92. The molecule has 8 heteroatoms. The first-order valence-corrected chi connectivity index (χ1v) is 8.40. The van der Waals surface area contributed by atoms with Gasteiger partial charge in [0.2, 0.25) is 0 Å². The predicted octanol–water partition coefficient (Wildman–Crippen LogP) is 3.40. The first kappa shape index (κ1) is 16.0. The SMILES string of the molecule is N#CCCN1CCC(n2c(C(F)F)nc3cnc4[nH]ccc4c32)CC1. The number of aromatic amines is 1. The van der Waals surface area contributed by atoms with Crippen molar-refractivity contribution in [2.45, 2.75) is 31.7 Å². The number of alkyl halides is 2. The number of fused-ring (bicyclic) bond motifs is 3. The Morgan fingerprint density at radius 1 is 1.36 bits per heavy atom. The van der Waals surface area contributed by atoms with E-state index in [4.69, 9.17) is 5.26 Å². The maximum atomic E-state index is 13.6. The molecule has 0 atom stereocenters. The molecule has 0 aromatic carbocycles. The molecule has 130 valence electrons. The predicted molar refractivity (Wildman–Crippen MR) is 89.3 cm³/mol. The fraction of sp³-hybridized carbons (Fsp3) is 0.471. The number of likely N-dealkylation sites (tertiary alicyclic amines) is 1. The number of nitriles is 1. The molecule has 1 saturated heterocycles. The van der Waals surface area contributed by atoms with E-state index >= 15 is 0 Å². The Morgan fingerprint density at radius 3 is 2.88 bits per heavy atom. The van der Waals surface area contributed by atoms with E-state index < -0.39 is 6.43 Å². The van der Waals surface area contributed by atoms with E-state index in [9.17, 15) is 8.78 Å². The summed E-state index contributed by atoms with van der Waals surface area (Å²) in [6.45, 7) is 2.34. The summed E-state index contributed by atoms with van der Waals surface area (Å²) < 4.78 is 29.0. The van der Waals surface area contributed by atoms with E-state index in [1.807, 2.05) is 6.07 Å². The van der Waals surface area contributed by atoms with Gasteiger partial charge in [-0.25, -0.2) is 18.7 Å². The summed E-state index contributed by atoms with van der Waals surface area (Å²) in [7, 11) is 0. The van der Waals surface area contributed by atoms with E-state index in [-0.39, 0.29) is 11.9 Å². The Balaban J connectivity index is 1.74. The molecule has 0 radical (unpaired) electrons. The lowest BCUT2D eigenvalue weighted by Gasteiger charge is -2.33. The normalized spacial score (nSPS) is 16.9. The molecule has 1 N–H and O–H groups in total. The van der Waals surface area contributed by atoms with Crippen molar-refractivity contribution in [3.63, 3.8) is 0 Å². The van der Waals surface area contributed by atoms with E-state index in [2.05, 4.69) is 25.9 Å². The van der Waals surface area contributed by atoms with E-state index in [0.29, 0.717) is 17.6 Å². The van der Waals surface area contributed by atoms with Crippen molar-refractivity contribution in [2.75, 3.05) is 19.6 Å². The lowest BCUT2D eigenvalue weighted by molar-refractivity contribution is 0.125. The number of H-pyrrole nitrogens is 1. The fourth-order valence-corrected chi connectivity index (χ4v) is 3.74. The second kappa shape index (κ2) is 6.41. The van der Waals surface area contributed by atoms with Crippen molar-refractivity contribution >= 4 is 22.1 Å². The van der Waals surface area contributed by atoms with Crippen LogP contribution in [0.4, 0.5) is 8.78 Å². The standard InChI is InChI=1S/C17H18F2N6/c18-15(19)17-23-13-10-22-16-12(2-6-21-16)14(13)25(17)11-3-8-24(9-4-11)7-1-5-20/h2,6,10-11,15H,1,3-4,7-9H2,(H,21,22). The molecule has 3 aromatic heterocycles. The average Bonchev–Trinajstić information content (AvgIpc) is 3.24. The van der Waals surface area contributed by atoms with Gasteiger partial charge < -0.3 is 14.5 Å². The van der Waals surface area contributed by atoms with Crippen LogP contribution in [0.25, 0.3) is 22.1 Å². The molecule has 0 amide bonds. The number of hydrogen-bond acceptors (Lipinski definition) is 4. The quantitative estimate of drug-likeness (QED) is 0.787. The van der Waals surface area contributed by atoms with Gasteiger partial charge in [0.25, 0.3) is 6.43 Å². The Kier molecular flexibility index (Phi) is 4.09. The van der Waals surface area contributed by atoms with Crippen LogP contribution in [0.1, 0.15) is 37.6 Å². The average molecular weight is 344 g/mol. The Hall–Kier alpha value is -2.53. The number of piperidine rings is 1. The molecular formula is C17H18F2N6. The highest BCUT2D eigenvalue weighted by Gasteiger charge is 2.28. The van der Waals surface area contributed by atoms with Crippen molar-refractivity contribution in [1.29, 1.82) is 5.26 Å². The number of nitrogens with zero attached hydrogens (tertiary/aromatic N) is 5. The number of nitrogens with one attached hydrogen (secondary N) is 1. The Labute approximate surface area is 143 Å². The van der Waals surface area contributed by atoms with Gasteiger partial charge in [-0.3, -0.25) is 0 Å². The van der Waals surface area contributed by atoms with E-state index in [1.54, 1.807) is 17.0 Å². The molecule has 1 aliphatic heterocycles. The van der Waals surface area contributed by atoms with Crippen LogP contribution in [0, 0.1) is 11.3 Å². The van der Waals surface area contributed by atoms with Gasteiger partial charge in [-0.05, 0) is 18.9 Å². The highest BCUT2D eigenvalue weighted by molar-refractivity contribution is 6.01. The molecule has 6 nitrogen and oxygen atoms in total. The monoisotopic (exact) mass is 344 g/mol. The second-order valence-electron chi connectivity index (χ2n) is 6.35. The summed E-state index contributed by atoms with van der Waals surface area (Å²) in [6, 6.07) is 3.99. The van der Waals surface area contributed by atoms with Gasteiger partial charge in [0.15, 0.2) is 5.82 Å². The van der Waals surface area contributed by atoms with Crippen LogP contribution in [0.15, 0.2) is 18.5 Å². The van der Waals surface area contributed by atoms with Gasteiger partial charge in [0, 0.05) is 43.7 Å². The van der Waals surface area contributed by atoms with Crippen molar-refractivity contribution in [1.82, 2.24) is 24.4 Å². The molecule has 1 aliphatic rings. The molecule has 1 fully saturated rings. The van der Waals surface area contributed by atoms with Crippen LogP contribution in [0.5, 0.6) is 0 Å². The molecule has 0 spiro atoms. The van der Waals surface area contributed by atoms with E-state index in [1.165, 1.54) is 0 Å². The fourth-order valence-electron chi connectivity index (χ4n) is 3.74. The summed E-state index contributed by atoms with van der Waals surface area (Å²) in [5.41, 5.74) is 1.92. The summed E-state index contributed by atoms with van der Waals surface area (Å²) in [4.78, 5) is 13.7. The zero-order valence-electron chi connectivity index (χ0n) is 13.6. The molecule has 4 heterocycles. The second-order valence-corrected chi connectivity index (χ2v) is 6.35. The number of aromatic nitrogens is 4. The Morgan fingerprint density at radius 2 is 2.16 bits per heavy atom. The van der Waals surface area contributed by atoms with Crippen LogP contribution >= 0.6 is 0 Å². The van der Waals surface area contributed by atoms with Crippen LogP contribution in [-0.4, -0.2) is 44.1 Å². The lowest BCUT2D eigenvalue weighted by atomic mass is 10.0. The number of pyridine rings is 1. The van der Waals surface area contributed by atoms with Crippen LogP contribution in [0.3, 0.4) is 0 Å². The summed E-state index contributed by atoms with van der Waals surface area (Å²) in [6.07, 6.45) is 2.73. The number of halogens is 2. The zero-order chi connectivity index (χ0) is 17.4. The van der Waals surface area contributed by atoms with Gasteiger partial charge >= 0.3 is 0 Å². The van der Waals surface area contributed by atoms with Crippen molar-refractivity contribution < 1.29 is 8.78 Å². The Bertz CT molecular complexity index is 930. The minimum atomic E-state index is -2.63. The summed E-state index contributed by atoms with van der Waals surface area (Å²) in [5.74, 6) is -0.180. The molecule has 0 unspecified atom stereocenters. The van der Waals surface area contributed by atoms with E-state index in [0.717, 1.165) is 43.4 Å². The number of imidazole rings is 1. The van der Waals surface area contributed by atoms with Gasteiger partial charge in [0.1, 0.15) is 11.2 Å². The van der Waals surface area contributed by atoms with Crippen LogP contribution < -0.4 is 0 Å². The highest BCUT2D eigenvalue weighted by Crippen LogP contribution is 2.35. The maximum Gasteiger partial charge on any atom is 0.295 e. The van der Waals surface area contributed by atoms with Gasteiger partial charge in [0.05, 0.1) is 17.8 Å².